The molecule has 6 rings (SSSR count). The lowest BCUT2D eigenvalue weighted by Crippen LogP contribution is -2.32. The Balaban J connectivity index is 1.22. The van der Waals surface area contributed by atoms with E-state index in [1.54, 1.807) is 17.1 Å². The lowest BCUT2D eigenvalue weighted by atomic mass is 9.96. The van der Waals surface area contributed by atoms with Gasteiger partial charge in [0.1, 0.15) is 5.52 Å². The highest BCUT2D eigenvalue weighted by Crippen LogP contribution is 2.31. The van der Waals surface area contributed by atoms with Gasteiger partial charge in [-0.1, -0.05) is 12.1 Å². The summed E-state index contributed by atoms with van der Waals surface area (Å²) >= 11 is 0. The first kappa shape index (κ1) is 21.6. The molecule has 0 bridgehead atoms. The fraction of sp³-hybridized carbons (Fsp3) is 0.222. The zero-order valence-corrected chi connectivity index (χ0v) is 18.9. The topological polar surface area (TPSA) is 60.0 Å². The van der Waals surface area contributed by atoms with Crippen LogP contribution in [0.1, 0.15) is 30.3 Å². The van der Waals surface area contributed by atoms with Gasteiger partial charge in [0.15, 0.2) is 23.1 Å². The predicted octanol–water partition coefficient (Wildman–Crippen LogP) is 5.73. The molecule has 5 aromatic rings. The van der Waals surface area contributed by atoms with Gasteiger partial charge in [-0.05, 0) is 68.4 Å². The lowest BCUT2D eigenvalue weighted by Gasteiger charge is -2.29. The van der Waals surface area contributed by atoms with Crippen LogP contribution in [0.4, 0.5) is 8.78 Å². The SMILES string of the molecule is Fc1ccc(-n2nc(CN3CCC(c4nc5ccccc5o4)CC3)cc2-c2ccncc2)cc1F. The Morgan fingerprint density at radius 2 is 1.71 bits per heavy atom. The number of piperidine rings is 1. The monoisotopic (exact) mass is 471 g/mol. The second-order valence-corrected chi connectivity index (χ2v) is 8.84. The van der Waals surface area contributed by atoms with E-state index >= 15 is 0 Å². The van der Waals surface area contributed by atoms with Gasteiger partial charge in [-0.3, -0.25) is 9.88 Å². The molecule has 0 N–H and O–H groups in total. The molecule has 176 valence electrons. The van der Waals surface area contributed by atoms with E-state index in [0.717, 1.165) is 65.9 Å². The summed E-state index contributed by atoms with van der Waals surface area (Å²) in [6.45, 7) is 2.45. The first-order valence-electron chi connectivity index (χ1n) is 11.7. The second kappa shape index (κ2) is 9.03. The van der Waals surface area contributed by atoms with Gasteiger partial charge < -0.3 is 4.42 Å². The third kappa shape index (κ3) is 4.33. The third-order valence-electron chi connectivity index (χ3n) is 6.52. The maximum atomic E-state index is 14.0. The highest BCUT2D eigenvalue weighted by atomic mass is 19.2. The number of likely N-dealkylation sites (tertiary alicyclic amines) is 1. The van der Waals surface area contributed by atoms with E-state index in [-0.39, 0.29) is 0 Å². The Morgan fingerprint density at radius 1 is 0.914 bits per heavy atom. The number of hydrogen-bond donors (Lipinski definition) is 0. The first-order valence-corrected chi connectivity index (χ1v) is 11.7. The van der Waals surface area contributed by atoms with E-state index in [1.807, 2.05) is 42.5 Å². The van der Waals surface area contributed by atoms with Gasteiger partial charge in [-0.2, -0.15) is 5.10 Å². The van der Waals surface area contributed by atoms with Crippen molar-refractivity contribution in [3.8, 4) is 16.9 Å². The summed E-state index contributed by atoms with van der Waals surface area (Å²) in [5, 5.41) is 4.76. The molecule has 0 spiro atoms. The maximum absolute atomic E-state index is 14.0. The summed E-state index contributed by atoms with van der Waals surface area (Å²) in [7, 11) is 0. The number of para-hydroxylation sites is 2. The van der Waals surface area contributed by atoms with Crippen molar-refractivity contribution in [2.75, 3.05) is 13.1 Å². The maximum Gasteiger partial charge on any atom is 0.198 e. The van der Waals surface area contributed by atoms with Gasteiger partial charge in [0, 0.05) is 36.5 Å². The Hall–Kier alpha value is -3.91. The number of rotatable bonds is 5. The lowest BCUT2D eigenvalue weighted by molar-refractivity contribution is 0.192. The predicted molar refractivity (Wildman–Crippen MR) is 128 cm³/mol. The molecule has 0 amide bonds. The molecule has 1 aliphatic heterocycles. The van der Waals surface area contributed by atoms with Crippen molar-refractivity contribution < 1.29 is 13.2 Å². The minimum Gasteiger partial charge on any atom is -0.440 e. The normalized spacial score (nSPS) is 15.1. The molecule has 2 aromatic carbocycles. The van der Waals surface area contributed by atoms with Crippen molar-refractivity contribution in [1.29, 1.82) is 0 Å². The smallest absolute Gasteiger partial charge is 0.198 e. The molecule has 8 heteroatoms. The van der Waals surface area contributed by atoms with Crippen LogP contribution in [0.15, 0.2) is 77.5 Å². The average Bonchev–Trinajstić information content (AvgIpc) is 3.51. The third-order valence-corrected chi connectivity index (χ3v) is 6.52. The summed E-state index contributed by atoms with van der Waals surface area (Å²) in [6.07, 6.45) is 5.31. The number of fused-ring (bicyclic) bond motifs is 1. The summed E-state index contributed by atoms with van der Waals surface area (Å²) in [5.74, 6) is -0.672. The molecule has 0 saturated carbocycles. The van der Waals surface area contributed by atoms with Crippen molar-refractivity contribution in [1.82, 2.24) is 24.6 Å². The summed E-state index contributed by atoms with van der Waals surface area (Å²) in [5.41, 5.74) is 4.76. The molecule has 0 atom stereocenters. The largest absolute Gasteiger partial charge is 0.440 e. The van der Waals surface area contributed by atoms with Gasteiger partial charge >= 0.3 is 0 Å². The van der Waals surface area contributed by atoms with Gasteiger partial charge in [0.05, 0.1) is 17.1 Å². The van der Waals surface area contributed by atoms with E-state index in [4.69, 9.17) is 9.52 Å². The summed E-state index contributed by atoms with van der Waals surface area (Å²) < 4.78 is 35.2. The minimum atomic E-state index is -0.901. The van der Waals surface area contributed by atoms with Crippen molar-refractivity contribution in [3.63, 3.8) is 0 Å². The molecule has 35 heavy (non-hydrogen) atoms. The quantitative estimate of drug-likeness (QED) is 0.328. The van der Waals surface area contributed by atoms with E-state index in [9.17, 15) is 8.78 Å². The van der Waals surface area contributed by atoms with E-state index < -0.39 is 11.6 Å². The van der Waals surface area contributed by atoms with Crippen LogP contribution < -0.4 is 0 Å². The van der Waals surface area contributed by atoms with E-state index in [1.165, 1.54) is 12.1 Å². The molecule has 1 aliphatic rings. The van der Waals surface area contributed by atoms with Crippen molar-refractivity contribution >= 4 is 11.1 Å². The molecule has 1 fully saturated rings. The molecule has 0 aliphatic carbocycles. The molecule has 0 unspecified atom stereocenters. The Labute approximate surface area is 200 Å². The number of nitrogens with zero attached hydrogens (tertiary/aromatic N) is 5. The highest BCUT2D eigenvalue weighted by molar-refractivity contribution is 5.72. The fourth-order valence-corrected chi connectivity index (χ4v) is 4.68. The van der Waals surface area contributed by atoms with E-state index in [2.05, 4.69) is 14.9 Å². The molecular weight excluding hydrogens is 448 g/mol. The van der Waals surface area contributed by atoms with Crippen LogP contribution in [0.3, 0.4) is 0 Å². The van der Waals surface area contributed by atoms with Crippen LogP contribution in [0, 0.1) is 11.6 Å². The second-order valence-electron chi connectivity index (χ2n) is 8.84. The van der Waals surface area contributed by atoms with Crippen molar-refractivity contribution in [3.05, 3.63) is 96.3 Å². The number of oxazole rings is 1. The molecule has 3 aromatic heterocycles. The fourth-order valence-electron chi connectivity index (χ4n) is 4.68. The number of halogens is 2. The standard InChI is InChI=1S/C27H23F2N5O/c28-22-6-5-21(16-23(22)29)34-25(18-7-11-30-12-8-18)15-20(32-34)17-33-13-9-19(10-14-33)27-31-24-3-1-2-4-26(24)35-27/h1-8,11-12,15-16,19H,9-10,13-14,17H2. The van der Waals surface area contributed by atoms with Gasteiger partial charge in [-0.15, -0.1) is 0 Å². The Morgan fingerprint density at radius 3 is 2.49 bits per heavy atom. The summed E-state index contributed by atoms with van der Waals surface area (Å²) in [6, 6.07) is 17.4. The van der Waals surface area contributed by atoms with Crippen LogP contribution >= 0.6 is 0 Å². The molecule has 1 saturated heterocycles. The highest BCUT2D eigenvalue weighted by Gasteiger charge is 2.25. The zero-order chi connectivity index (χ0) is 23.8. The summed E-state index contributed by atoms with van der Waals surface area (Å²) in [4.78, 5) is 11.1. The van der Waals surface area contributed by atoms with Gasteiger partial charge in [0.2, 0.25) is 0 Å². The number of benzene rings is 2. The van der Waals surface area contributed by atoms with E-state index in [0.29, 0.717) is 18.2 Å². The first-order chi connectivity index (χ1) is 17.1. The van der Waals surface area contributed by atoms with Crippen LogP contribution in [0.25, 0.3) is 28.0 Å². The Bertz CT molecular complexity index is 1440. The Kier molecular flexibility index (Phi) is 5.58. The van der Waals surface area contributed by atoms with Crippen molar-refractivity contribution in [2.45, 2.75) is 25.3 Å². The van der Waals surface area contributed by atoms with Crippen LogP contribution in [-0.2, 0) is 6.54 Å². The number of pyridine rings is 1. The zero-order valence-electron chi connectivity index (χ0n) is 18.9. The van der Waals surface area contributed by atoms with Gasteiger partial charge in [0.25, 0.3) is 0 Å². The number of hydrogen-bond acceptors (Lipinski definition) is 5. The van der Waals surface area contributed by atoms with Gasteiger partial charge in [-0.25, -0.2) is 18.4 Å². The van der Waals surface area contributed by atoms with Crippen molar-refractivity contribution in [2.24, 2.45) is 0 Å². The number of aromatic nitrogens is 4. The average molecular weight is 472 g/mol. The van der Waals surface area contributed by atoms with Crippen LogP contribution in [0.2, 0.25) is 0 Å². The van der Waals surface area contributed by atoms with Crippen LogP contribution in [0.5, 0.6) is 0 Å². The molecule has 4 heterocycles. The molecule has 0 radical (unpaired) electrons. The van der Waals surface area contributed by atoms with Crippen LogP contribution in [-0.4, -0.2) is 37.7 Å². The molecule has 6 nitrogen and oxygen atoms in total. The minimum absolute atomic E-state index is 0.297. The molecular formula is C27H23F2N5O.